The standard InChI is InChI=1S/C52H48O4/c1-41(2)45-25-27-47(53-45,35-19-11-9-17-33(35)45)42(3,4)49-29-31-51(55-49,39-23-15-13-21-37(39)49)44(7,8)52-32-30-50(56-52,38-22-14-16-24-40(38)52)43(5,6)48-28-26-46(41,54-48)34-18-10-12-20-36(34)48/h9-32H,1-8H3. The number of hydrogen-bond donors (Lipinski definition) is 0. The molecule has 4 aromatic carbocycles. The van der Waals surface area contributed by atoms with Crippen molar-refractivity contribution in [2.45, 2.75) is 100 Å². The van der Waals surface area contributed by atoms with Crippen LogP contribution in [0.3, 0.4) is 0 Å². The van der Waals surface area contributed by atoms with E-state index in [-0.39, 0.29) is 0 Å². The van der Waals surface area contributed by atoms with Crippen LogP contribution in [-0.2, 0) is 63.8 Å². The summed E-state index contributed by atoms with van der Waals surface area (Å²) in [7, 11) is 0. The van der Waals surface area contributed by atoms with Crippen LogP contribution in [0.4, 0.5) is 0 Å². The molecule has 0 N–H and O–H groups in total. The minimum absolute atomic E-state index is 0.635. The molecule has 0 aromatic heterocycles. The summed E-state index contributed by atoms with van der Waals surface area (Å²) in [6.07, 6.45) is 19.0. The van der Waals surface area contributed by atoms with Gasteiger partial charge in [0.05, 0.1) is 0 Å². The third kappa shape index (κ3) is 2.63. The third-order valence-electron chi connectivity index (χ3n) is 17.8. The Morgan fingerprint density at radius 3 is 0.482 bits per heavy atom. The van der Waals surface area contributed by atoms with Gasteiger partial charge < -0.3 is 18.9 Å². The predicted molar refractivity (Wildman–Crippen MR) is 215 cm³/mol. The summed E-state index contributed by atoms with van der Waals surface area (Å²) in [6, 6.07) is 35.8. The first-order chi connectivity index (χ1) is 26.6. The van der Waals surface area contributed by atoms with Crippen LogP contribution < -0.4 is 0 Å². The minimum Gasteiger partial charge on any atom is -0.349 e. The van der Waals surface area contributed by atoms with Gasteiger partial charge in [-0.3, -0.25) is 0 Å². The van der Waals surface area contributed by atoms with Crippen LogP contribution in [-0.4, -0.2) is 0 Å². The Hall–Kier alpha value is -4.32. The second-order valence-electron chi connectivity index (χ2n) is 20.3. The van der Waals surface area contributed by atoms with Crippen LogP contribution in [0.5, 0.6) is 0 Å². The molecule has 4 heteroatoms. The van der Waals surface area contributed by atoms with E-state index < -0.39 is 66.5 Å². The lowest BCUT2D eigenvalue weighted by Gasteiger charge is -2.55. The molecular weight excluding hydrogens is 689 g/mol. The number of benzene rings is 4. The van der Waals surface area contributed by atoms with E-state index in [2.05, 4.69) is 201 Å². The van der Waals surface area contributed by atoms with Crippen LogP contribution in [0, 0.1) is 21.7 Å². The van der Waals surface area contributed by atoms with Gasteiger partial charge in [-0.05, 0) is 93.1 Å². The summed E-state index contributed by atoms with van der Waals surface area (Å²) in [5.41, 5.74) is 0.417. The van der Waals surface area contributed by atoms with Crippen molar-refractivity contribution in [2.24, 2.45) is 21.7 Å². The molecule has 0 saturated carbocycles. The fourth-order valence-corrected chi connectivity index (χ4v) is 14.4. The number of ether oxygens (including phenoxy) is 4. The van der Waals surface area contributed by atoms with E-state index in [0.29, 0.717) is 0 Å². The molecule has 0 aliphatic carbocycles. The molecule has 0 radical (unpaired) electrons. The van der Waals surface area contributed by atoms with Crippen molar-refractivity contribution >= 4 is 0 Å². The summed E-state index contributed by atoms with van der Waals surface area (Å²) in [4.78, 5) is 0. The summed E-state index contributed by atoms with van der Waals surface area (Å²) < 4.78 is 32.2. The molecular formula is C52H48O4. The van der Waals surface area contributed by atoms with E-state index in [1.54, 1.807) is 0 Å². The van der Waals surface area contributed by atoms with Crippen molar-refractivity contribution < 1.29 is 18.9 Å². The fraction of sp³-hybridized carbons (Fsp3) is 0.385. The van der Waals surface area contributed by atoms with Crippen LogP contribution in [0.15, 0.2) is 146 Å². The van der Waals surface area contributed by atoms with Gasteiger partial charge in [-0.15, -0.1) is 0 Å². The molecule has 13 rings (SSSR count). The van der Waals surface area contributed by atoms with Gasteiger partial charge >= 0.3 is 0 Å². The number of fused-ring (bicyclic) bond motifs is 4. The number of rotatable bonds is 0. The molecule has 1 saturated heterocycles. The molecule has 8 unspecified atom stereocenters. The fourth-order valence-electron chi connectivity index (χ4n) is 14.4. The maximum Gasteiger partial charge on any atom is 0.122 e. The van der Waals surface area contributed by atoms with E-state index in [1.807, 2.05) is 0 Å². The van der Waals surface area contributed by atoms with Crippen molar-refractivity contribution in [2.75, 3.05) is 0 Å². The lowest BCUT2D eigenvalue weighted by atomic mass is 9.52. The van der Waals surface area contributed by atoms with Crippen molar-refractivity contribution in [1.82, 2.24) is 0 Å². The molecule has 1 fully saturated rings. The second-order valence-corrected chi connectivity index (χ2v) is 20.3. The van der Waals surface area contributed by atoms with Crippen LogP contribution in [0.1, 0.15) is 99.9 Å². The van der Waals surface area contributed by atoms with Crippen molar-refractivity contribution in [3.05, 3.63) is 190 Å². The van der Waals surface area contributed by atoms with Crippen molar-refractivity contribution in [1.29, 1.82) is 0 Å². The Labute approximate surface area is 329 Å². The molecule has 8 atom stereocenters. The van der Waals surface area contributed by atoms with E-state index >= 15 is 0 Å². The van der Waals surface area contributed by atoms with E-state index in [0.717, 1.165) is 0 Å². The van der Waals surface area contributed by atoms with Gasteiger partial charge in [0.15, 0.2) is 0 Å². The largest absolute Gasteiger partial charge is 0.349 e. The third-order valence-corrected chi connectivity index (χ3v) is 17.8. The van der Waals surface area contributed by atoms with Crippen LogP contribution >= 0.6 is 0 Å². The second kappa shape index (κ2) is 8.73. The summed E-state index contributed by atoms with van der Waals surface area (Å²) in [5, 5.41) is 0. The Balaban J connectivity index is 1.17. The quantitative estimate of drug-likeness (QED) is 0.169. The first-order valence-corrected chi connectivity index (χ1v) is 20.6. The highest BCUT2D eigenvalue weighted by molar-refractivity contribution is 5.66. The molecule has 9 aliphatic rings. The first kappa shape index (κ1) is 32.7. The van der Waals surface area contributed by atoms with Gasteiger partial charge in [0.2, 0.25) is 0 Å². The summed E-state index contributed by atoms with van der Waals surface area (Å²) in [6.45, 7) is 18.9. The Kier molecular flexibility index (Phi) is 5.10. The minimum atomic E-state index is -0.829. The predicted octanol–water partition coefficient (Wildman–Crippen LogP) is 10.9. The Morgan fingerprint density at radius 1 is 0.232 bits per heavy atom. The lowest BCUT2D eigenvalue weighted by Crippen LogP contribution is -2.58. The molecule has 280 valence electrons. The number of hydrogen-bond acceptors (Lipinski definition) is 4. The zero-order chi connectivity index (χ0) is 38.4. The average Bonchev–Trinajstić information content (AvgIpc) is 4.08. The summed E-state index contributed by atoms with van der Waals surface area (Å²) >= 11 is 0. The highest BCUT2D eigenvalue weighted by Gasteiger charge is 2.83. The lowest BCUT2D eigenvalue weighted by molar-refractivity contribution is -0.300. The van der Waals surface area contributed by atoms with Gasteiger partial charge in [-0.25, -0.2) is 0 Å². The molecule has 9 aliphatic heterocycles. The smallest absolute Gasteiger partial charge is 0.122 e. The highest BCUT2D eigenvalue weighted by atomic mass is 16.6. The molecule has 4 aromatic rings. The van der Waals surface area contributed by atoms with Gasteiger partial charge in [0.25, 0.3) is 0 Å². The van der Waals surface area contributed by atoms with E-state index in [9.17, 15) is 0 Å². The molecule has 9 heterocycles. The van der Waals surface area contributed by atoms with Crippen molar-refractivity contribution in [3.8, 4) is 0 Å². The monoisotopic (exact) mass is 736 g/mol. The molecule has 0 spiro atoms. The normalized spacial score (nSPS) is 43.6. The van der Waals surface area contributed by atoms with Gasteiger partial charge in [0, 0.05) is 21.7 Å². The van der Waals surface area contributed by atoms with E-state index in [4.69, 9.17) is 18.9 Å². The van der Waals surface area contributed by atoms with Gasteiger partial charge in [-0.1, -0.05) is 152 Å². The average molecular weight is 737 g/mol. The van der Waals surface area contributed by atoms with Crippen molar-refractivity contribution in [3.63, 3.8) is 0 Å². The molecule has 4 nitrogen and oxygen atoms in total. The van der Waals surface area contributed by atoms with Gasteiger partial charge in [-0.2, -0.15) is 0 Å². The maximum atomic E-state index is 8.05. The van der Waals surface area contributed by atoms with Crippen LogP contribution in [0.2, 0.25) is 0 Å². The highest BCUT2D eigenvalue weighted by Crippen LogP contribution is 2.81. The van der Waals surface area contributed by atoms with Crippen LogP contribution in [0.25, 0.3) is 0 Å². The van der Waals surface area contributed by atoms with Gasteiger partial charge in [0.1, 0.15) is 44.8 Å². The molecule has 56 heavy (non-hydrogen) atoms. The SMILES string of the molecule is CC1(C)C23C=CC(O2)(c2ccccc23)C(C)(C)C23C=CC(O2)(c2ccccc23)C(C)(C)C23C=CC(O2)(c2ccccc23)C(C)(C)C23C=CC1(O2)c1ccccc13. The van der Waals surface area contributed by atoms with E-state index in [1.165, 1.54) is 44.5 Å². The molecule has 8 bridgehead atoms. The maximum absolute atomic E-state index is 8.05. The topological polar surface area (TPSA) is 36.9 Å². The molecule has 0 amide bonds. The zero-order valence-electron chi connectivity index (χ0n) is 33.5. The summed E-state index contributed by atoms with van der Waals surface area (Å²) in [5.74, 6) is 0. The first-order valence-electron chi connectivity index (χ1n) is 20.6. The Morgan fingerprint density at radius 2 is 0.357 bits per heavy atom. The Bertz CT molecular complexity index is 2150. The zero-order valence-corrected chi connectivity index (χ0v) is 33.5.